The number of nitrogens with zero attached hydrogens (tertiary/aromatic N) is 1. The predicted octanol–water partition coefficient (Wildman–Crippen LogP) is 1.67. The van der Waals surface area contributed by atoms with E-state index in [9.17, 15) is 8.87 Å². The van der Waals surface area contributed by atoms with Crippen LogP contribution in [0.4, 0.5) is 8.87 Å². The lowest BCUT2D eigenvalue weighted by molar-refractivity contribution is 0.0710. The van der Waals surface area contributed by atoms with Gasteiger partial charge in [0, 0.05) is 0 Å². The van der Waals surface area contributed by atoms with Crippen molar-refractivity contribution in [3.8, 4) is 5.75 Å². The van der Waals surface area contributed by atoms with E-state index in [-0.39, 0.29) is 5.12 Å². The van der Waals surface area contributed by atoms with Crippen molar-refractivity contribution in [3.63, 3.8) is 0 Å². The van der Waals surface area contributed by atoms with Crippen molar-refractivity contribution >= 4 is 5.96 Å². The summed E-state index contributed by atoms with van der Waals surface area (Å²) in [6.45, 7) is 1.44. The Morgan fingerprint density at radius 1 is 1.60 bits per heavy atom. The minimum atomic E-state index is -0.853. The van der Waals surface area contributed by atoms with Gasteiger partial charge in [-0.3, -0.25) is 5.41 Å². The second kappa shape index (κ2) is 4.12. The van der Waals surface area contributed by atoms with Crippen LogP contribution in [0.25, 0.3) is 0 Å². The van der Waals surface area contributed by atoms with Crippen LogP contribution in [0.15, 0.2) is 18.2 Å². The quantitative estimate of drug-likeness (QED) is 0.399. The zero-order chi connectivity index (χ0) is 11.6. The summed E-state index contributed by atoms with van der Waals surface area (Å²) in [4.78, 5) is 0. The van der Waals surface area contributed by atoms with Crippen molar-refractivity contribution in [2.75, 3.05) is 0 Å². The number of rotatable bonds is 2. The zero-order valence-corrected chi connectivity index (χ0v) is 8.04. The maximum atomic E-state index is 13.1. The number of guanidine groups is 1. The molecule has 82 valence electrons. The maximum absolute atomic E-state index is 13.1. The fraction of sp³-hybridized carbons (Fsp3) is 0.222. The van der Waals surface area contributed by atoms with E-state index in [4.69, 9.17) is 16.2 Å². The summed E-state index contributed by atoms with van der Waals surface area (Å²) in [5.41, 5.74) is 5.27. The van der Waals surface area contributed by atoms with Crippen molar-refractivity contribution in [1.29, 1.82) is 5.41 Å². The number of nitrogens with one attached hydrogen (secondary N) is 1. The van der Waals surface area contributed by atoms with Crippen molar-refractivity contribution < 1.29 is 14.0 Å². The third-order valence-corrected chi connectivity index (χ3v) is 2.02. The number of nitrogens with two attached hydrogens (primary N) is 1. The number of benzene rings is 1. The third kappa shape index (κ3) is 2.34. The van der Waals surface area contributed by atoms with Crippen molar-refractivity contribution in [1.82, 2.24) is 5.12 Å². The monoisotopic (exact) mass is 215 g/mol. The van der Waals surface area contributed by atoms with Gasteiger partial charge in [-0.2, -0.15) is 5.12 Å². The lowest BCUT2D eigenvalue weighted by Crippen LogP contribution is -2.31. The number of hydrogen-bond acceptors (Lipinski definition) is 2. The van der Waals surface area contributed by atoms with E-state index in [2.05, 4.69) is 0 Å². The Hall–Kier alpha value is -1.85. The zero-order valence-electron chi connectivity index (χ0n) is 8.04. The summed E-state index contributed by atoms with van der Waals surface area (Å²) in [6.07, 6.45) is 0. The fourth-order valence-corrected chi connectivity index (χ4v) is 1.13. The minimum Gasteiger partial charge on any atom is -0.505 e. The van der Waals surface area contributed by atoms with Gasteiger partial charge >= 0.3 is 0 Å². The van der Waals surface area contributed by atoms with Crippen LogP contribution in [0, 0.1) is 11.2 Å². The van der Waals surface area contributed by atoms with Crippen LogP contribution in [0.1, 0.15) is 18.5 Å². The first-order valence-corrected chi connectivity index (χ1v) is 4.21. The van der Waals surface area contributed by atoms with E-state index in [0.29, 0.717) is 5.56 Å². The summed E-state index contributed by atoms with van der Waals surface area (Å²) in [5.74, 6) is -2.08. The van der Waals surface area contributed by atoms with E-state index in [1.165, 1.54) is 13.0 Å². The minimum absolute atomic E-state index is 0.0205. The van der Waals surface area contributed by atoms with Gasteiger partial charge in [-0.15, -0.1) is 0 Å². The predicted molar refractivity (Wildman–Crippen MR) is 51.3 cm³/mol. The Bertz CT molecular complexity index is 384. The van der Waals surface area contributed by atoms with Gasteiger partial charge in [-0.25, -0.2) is 4.39 Å². The Kier molecular flexibility index (Phi) is 3.08. The van der Waals surface area contributed by atoms with Crippen LogP contribution in [0.2, 0.25) is 0 Å². The molecule has 0 saturated carbocycles. The molecule has 0 spiro atoms. The second-order valence-electron chi connectivity index (χ2n) is 3.08. The molecule has 4 nitrogen and oxygen atoms in total. The van der Waals surface area contributed by atoms with E-state index in [1.807, 2.05) is 0 Å². The summed E-state index contributed by atoms with van der Waals surface area (Å²) >= 11 is 0. The van der Waals surface area contributed by atoms with E-state index < -0.39 is 23.6 Å². The average molecular weight is 215 g/mol. The van der Waals surface area contributed by atoms with Gasteiger partial charge in [0.05, 0.1) is 6.04 Å². The smallest absolute Gasteiger partial charge is 0.217 e. The molecule has 6 heteroatoms. The summed E-state index contributed by atoms with van der Waals surface area (Å²) in [5, 5.41) is 16.0. The lowest BCUT2D eigenvalue weighted by Gasteiger charge is -2.19. The summed E-state index contributed by atoms with van der Waals surface area (Å²) in [6, 6.07) is 2.58. The number of halogens is 2. The van der Waals surface area contributed by atoms with E-state index in [1.54, 1.807) is 0 Å². The fourth-order valence-electron chi connectivity index (χ4n) is 1.13. The highest BCUT2D eigenvalue weighted by Crippen LogP contribution is 2.25. The highest BCUT2D eigenvalue weighted by atomic mass is 19.2. The molecule has 1 aromatic carbocycles. The summed E-state index contributed by atoms with van der Waals surface area (Å²) < 4.78 is 25.8. The van der Waals surface area contributed by atoms with Gasteiger partial charge in [-0.1, -0.05) is 10.5 Å². The van der Waals surface area contributed by atoms with Gasteiger partial charge in [0.1, 0.15) is 0 Å². The van der Waals surface area contributed by atoms with Crippen LogP contribution < -0.4 is 5.73 Å². The molecule has 0 saturated heterocycles. The van der Waals surface area contributed by atoms with Crippen molar-refractivity contribution in [3.05, 3.63) is 29.6 Å². The Balaban J connectivity index is 2.96. The highest BCUT2D eigenvalue weighted by molar-refractivity contribution is 5.73. The molecule has 0 bridgehead atoms. The largest absolute Gasteiger partial charge is 0.505 e. The molecule has 15 heavy (non-hydrogen) atoms. The molecular weight excluding hydrogens is 204 g/mol. The Labute approximate surface area is 85.4 Å². The molecular formula is C9H11F2N3O. The van der Waals surface area contributed by atoms with Gasteiger partial charge in [0.15, 0.2) is 11.6 Å². The first kappa shape index (κ1) is 11.2. The molecule has 1 atom stereocenters. The molecule has 0 heterocycles. The number of aromatic hydroxyl groups is 1. The first-order valence-electron chi connectivity index (χ1n) is 4.21. The molecule has 0 fully saturated rings. The Morgan fingerprint density at radius 2 is 2.20 bits per heavy atom. The van der Waals surface area contributed by atoms with Crippen LogP contribution in [-0.4, -0.2) is 16.2 Å². The highest BCUT2D eigenvalue weighted by Gasteiger charge is 2.17. The summed E-state index contributed by atoms with van der Waals surface area (Å²) in [7, 11) is 0. The van der Waals surface area contributed by atoms with E-state index >= 15 is 0 Å². The van der Waals surface area contributed by atoms with Gasteiger partial charge < -0.3 is 10.8 Å². The van der Waals surface area contributed by atoms with Gasteiger partial charge in [0.2, 0.25) is 5.96 Å². The van der Waals surface area contributed by atoms with Crippen LogP contribution in [0.5, 0.6) is 5.75 Å². The molecule has 1 rings (SSSR count). The van der Waals surface area contributed by atoms with E-state index in [0.717, 1.165) is 12.1 Å². The van der Waals surface area contributed by atoms with Crippen LogP contribution in [-0.2, 0) is 0 Å². The molecule has 0 aromatic heterocycles. The lowest BCUT2D eigenvalue weighted by atomic mass is 10.1. The van der Waals surface area contributed by atoms with Crippen molar-refractivity contribution in [2.45, 2.75) is 13.0 Å². The molecule has 0 aliphatic carbocycles. The standard InChI is InChI=1S/C9H11F2N3O/c1-5(14(11)9(12)13)6-2-3-7(10)8(15)4-6/h2-5,15H,1H3,(H3,12,13). The molecule has 1 aromatic rings. The van der Waals surface area contributed by atoms with Crippen LogP contribution in [0.3, 0.4) is 0 Å². The normalized spacial score (nSPS) is 12.2. The first-order chi connectivity index (χ1) is 6.93. The van der Waals surface area contributed by atoms with Gasteiger partial charge in [-0.05, 0) is 24.6 Å². The maximum Gasteiger partial charge on any atom is 0.217 e. The van der Waals surface area contributed by atoms with Crippen molar-refractivity contribution in [2.24, 2.45) is 5.73 Å². The molecule has 4 N–H and O–H groups in total. The number of phenols is 1. The topological polar surface area (TPSA) is 73.3 Å². The third-order valence-electron chi connectivity index (χ3n) is 2.02. The molecule has 0 aliphatic heterocycles. The molecule has 0 aliphatic rings. The second-order valence-corrected chi connectivity index (χ2v) is 3.08. The van der Waals surface area contributed by atoms with Crippen LogP contribution >= 0.6 is 0 Å². The number of phenolic OH excluding ortho intramolecular Hbond substituents is 1. The SMILES string of the molecule is CC(c1ccc(F)c(O)c1)N(F)C(=N)N. The molecule has 0 amide bonds. The number of hydrogen-bond donors (Lipinski definition) is 3. The van der Waals surface area contributed by atoms with Gasteiger partial charge in [0.25, 0.3) is 0 Å². The average Bonchev–Trinajstić information content (AvgIpc) is 2.19. The Morgan fingerprint density at radius 3 is 2.67 bits per heavy atom. The molecule has 1 unspecified atom stereocenters. The molecule has 0 radical (unpaired) electrons.